The molecule has 146 valence electrons. The number of aromatic nitrogens is 3. The van der Waals surface area contributed by atoms with Gasteiger partial charge in [0.2, 0.25) is 6.10 Å². The summed E-state index contributed by atoms with van der Waals surface area (Å²) in [4.78, 5) is 13.9. The summed E-state index contributed by atoms with van der Waals surface area (Å²) in [5, 5.41) is 9.04. The van der Waals surface area contributed by atoms with Gasteiger partial charge >= 0.3 is 5.97 Å². The van der Waals surface area contributed by atoms with Gasteiger partial charge in [0.1, 0.15) is 28.2 Å². The zero-order valence-corrected chi connectivity index (χ0v) is 16.0. The Kier molecular flexibility index (Phi) is 5.11. The van der Waals surface area contributed by atoms with Crippen LogP contribution in [0.4, 0.5) is 0 Å². The molecular formula is C22H19N3O4. The van der Waals surface area contributed by atoms with Gasteiger partial charge in [-0.05, 0) is 24.3 Å². The topological polar surface area (TPSA) is 75.5 Å². The minimum Gasteiger partial charge on any atom is -0.497 e. The fourth-order valence-corrected chi connectivity index (χ4v) is 2.96. The van der Waals surface area contributed by atoms with Crippen LogP contribution in [0.25, 0.3) is 16.7 Å². The van der Waals surface area contributed by atoms with Gasteiger partial charge in [-0.3, -0.25) is 0 Å². The molecule has 0 aliphatic carbocycles. The van der Waals surface area contributed by atoms with Gasteiger partial charge in [0.05, 0.1) is 14.2 Å². The second-order valence-electron chi connectivity index (χ2n) is 6.24. The molecule has 1 aromatic heterocycles. The maximum Gasteiger partial charge on any atom is 0.351 e. The van der Waals surface area contributed by atoms with Crippen LogP contribution in [0.15, 0.2) is 72.8 Å². The lowest BCUT2D eigenvalue weighted by molar-refractivity contribution is -0.149. The van der Waals surface area contributed by atoms with Crippen molar-refractivity contribution in [3.63, 3.8) is 0 Å². The number of esters is 1. The molecule has 1 heterocycles. The van der Waals surface area contributed by atoms with Gasteiger partial charge in [-0.1, -0.05) is 42.5 Å². The van der Waals surface area contributed by atoms with Gasteiger partial charge in [-0.2, -0.15) is 0 Å². The summed E-state index contributed by atoms with van der Waals surface area (Å²) in [6, 6.07) is 21.9. The molecule has 7 nitrogen and oxygen atoms in total. The average molecular weight is 389 g/mol. The molecular weight excluding hydrogens is 370 g/mol. The molecule has 0 amide bonds. The first-order valence-electron chi connectivity index (χ1n) is 8.99. The van der Waals surface area contributed by atoms with E-state index in [1.54, 1.807) is 25.3 Å². The van der Waals surface area contributed by atoms with Crippen LogP contribution in [-0.2, 0) is 9.53 Å². The number of rotatable bonds is 6. The quantitative estimate of drug-likeness (QED) is 0.468. The summed E-state index contributed by atoms with van der Waals surface area (Å²) >= 11 is 0. The molecule has 0 saturated carbocycles. The largest absolute Gasteiger partial charge is 0.497 e. The van der Waals surface area contributed by atoms with Crippen molar-refractivity contribution in [2.45, 2.75) is 6.10 Å². The molecule has 0 aliphatic heterocycles. The van der Waals surface area contributed by atoms with Gasteiger partial charge < -0.3 is 14.2 Å². The van der Waals surface area contributed by atoms with E-state index in [4.69, 9.17) is 14.2 Å². The maximum absolute atomic E-state index is 12.4. The van der Waals surface area contributed by atoms with E-state index >= 15 is 0 Å². The molecule has 1 atom stereocenters. The Labute approximate surface area is 167 Å². The molecule has 7 heteroatoms. The zero-order chi connectivity index (χ0) is 20.2. The highest BCUT2D eigenvalue weighted by Crippen LogP contribution is 2.32. The average Bonchev–Trinajstić information content (AvgIpc) is 3.21. The highest BCUT2D eigenvalue weighted by molar-refractivity contribution is 5.77. The van der Waals surface area contributed by atoms with Crippen molar-refractivity contribution < 1.29 is 19.0 Å². The second kappa shape index (κ2) is 8.02. The maximum atomic E-state index is 12.4. The molecule has 0 fully saturated rings. The molecule has 1 unspecified atom stereocenters. The summed E-state index contributed by atoms with van der Waals surface area (Å²) in [6.07, 6.45) is -0.932. The Balaban J connectivity index is 1.79. The number of fused-ring (bicyclic) bond motifs is 1. The van der Waals surface area contributed by atoms with E-state index in [1.165, 1.54) is 11.9 Å². The van der Waals surface area contributed by atoms with Crippen LogP contribution >= 0.6 is 0 Å². The van der Waals surface area contributed by atoms with E-state index in [9.17, 15) is 4.79 Å². The first kappa shape index (κ1) is 18.5. The third kappa shape index (κ3) is 3.75. The smallest absolute Gasteiger partial charge is 0.351 e. The molecule has 3 aromatic carbocycles. The van der Waals surface area contributed by atoms with Crippen molar-refractivity contribution in [3.8, 4) is 17.2 Å². The van der Waals surface area contributed by atoms with Gasteiger partial charge in [0.25, 0.3) is 0 Å². The number of hydrogen-bond acceptors (Lipinski definition) is 6. The SMILES string of the molecule is COC(=O)C(Oc1ccc(OC)cc1-n1nc2ccccc2n1)c1ccccc1. The van der Waals surface area contributed by atoms with E-state index in [2.05, 4.69) is 10.2 Å². The fraction of sp³-hybridized carbons (Fsp3) is 0.136. The number of hydrogen-bond donors (Lipinski definition) is 0. The Bertz CT molecular complexity index is 1110. The van der Waals surface area contributed by atoms with Crippen LogP contribution in [0.3, 0.4) is 0 Å². The Morgan fingerprint density at radius 2 is 1.55 bits per heavy atom. The standard InChI is InChI=1S/C22H19N3O4/c1-27-16-12-13-20(29-21(22(26)28-2)15-8-4-3-5-9-15)19(14-16)25-23-17-10-6-7-11-18(17)24-25/h3-14,21H,1-2H3. The fourth-order valence-electron chi connectivity index (χ4n) is 2.96. The lowest BCUT2D eigenvalue weighted by Crippen LogP contribution is -2.21. The van der Waals surface area contributed by atoms with Crippen LogP contribution in [0.1, 0.15) is 11.7 Å². The van der Waals surface area contributed by atoms with E-state index < -0.39 is 12.1 Å². The minimum absolute atomic E-state index is 0.422. The first-order valence-corrected chi connectivity index (χ1v) is 8.99. The van der Waals surface area contributed by atoms with Crippen LogP contribution in [0.2, 0.25) is 0 Å². The van der Waals surface area contributed by atoms with Crippen molar-refractivity contribution in [1.82, 2.24) is 15.0 Å². The normalized spacial score (nSPS) is 11.8. The predicted molar refractivity (Wildman–Crippen MR) is 107 cm³/mol. The Morgan fingerprint density at radius 1 is 0.897 bits per heavy atom. The van der Waals surface area contributed by atoms with Crippen LogP contribution in [-0.4, -0.2) is 35.2 Å². The molecule has 0 bridgehead atoms. The zero-order valence-electron chi connectivity index (χ0n) is 16.0. The van der Waals surface area contributed by atoms with E-state index in [0.717, 1.165) is 11.0 Å². The second-order valence-corrected chi connectivity index (χ2v) is 6.24. The summed E-state index contributed by atoms with van der Waals surface area (Å²) < 4.78 is 16.4. The molecule has 4 rings (SSSR count). The number of nitrogens with zero attached hydrogens (tertiary/aromatic N) is 3. The molecule has 0 N–H and O–H groups in total. The van der Waals surface area contributed by atoms with Crippen molar-refractivity contribution in [1.29, 1.82) is 0 Å². The number of benzene rings is 3. The van der Waals surface area contributed by atoms with Crippen molar-refractivity contribution in [2.24, 2.45) is 0 Å². The van der Waals surface area contributed by atoms with Crippen LogP contribution < -0.4 is 9.47 Å². The molecule has 0 spiro atoms. The van der Waals surface area contributed by atoms with E-state index in [0.29, 0.717) is 22.7 Å². The predicted octanol–water partition coefficient (Wildman–Crippen LogP) is 3.72. The molecule has 0 saturated heterocycles. The third-order valence-electron chi connectivity index (χ3n) is 4.43. The number of carbonyl (C=O) groups is 1. The minimum atomic E-state index is -0.932. The van der Waals surface area contributed by atoms with Crippen molar-refractivity contribution in [3.05, 3.63) is 78.4 Å². The number of ether oxygens (including phenoxy) is 3. The number of carbonyl (C=O) groups excluding carboxylic acids is 1. The first-order chi connectivity index (χ1) is 14.2. The van der Waals surface area contributed by atoms with Gasteiger partial charge in [0, 0.05) is 11.6 Å². The summed E-state index contributed by atoms with van der Waals surface area (Å²) in [6.45, 7) is 0. The van der Waals surface area contributed by atoms with E-state index in [-0.39, 0.29) is 0 Å². The van der Waals surface area contributed by atoms with Crippen LogP contribution in [0, 0.1) is 0 Å². The molecule has 4 aromatic rings. The van der Waals surface area contributed by atoms with Gasteiger partial charge in [-0.15, -0.1) is 15.0 Å². The summed E-state index contributed by atoms with van der Waals surface area (Å²) in [7, 11) is 2.91. The molecule has 0 radical (unpaired) electrons. The van der Waals surface area contributed by atoms with E-state index in [1.807, 2.05) is 54.6 Å². The molecule has 0 aliphatic rings. The molecule has 29 heavy (non-hydrogen) atoms. The van der Waals surface area contributed by atoms with Crippen LogP contribution in [0.5, 0.6) is 11.5 Å². The van der Waals surface area contributed by atoms with Crippen molar-refractivity contribution >= 4 is 17.0 Å². The highest BCUT2D eigenvalue weighted by Gasteiger charge is 2.25. The lowest BCUT2D eigenvalue weighted by Gasteiger charge is -2.19. The summed E-state index contributed by atoms with van der Waals surface area (Å²) in [5.74, 6) is 0.532. The summed E-state index contributed by atoms with van der Waals surface area (Å²) in [5.41, 5.74) is 2.72. The Morgan fingerprint density at radius 3 is 2.17 bits per heavy atom. The third-order valence-corrected chi connectivity index (χ3v) is 4.43. The lowest BCUT2D eigenvalue weighted by atomic mass is 10.1. The van der Waals surface area contributed by atoms with Gasteiger partial charge in [-0.25, -0.2) is 4.79 Å². The number of methoxy groups -OCH3 is 2. The highest BCUT2D eigenvalue weighted by atomic mass is 16.6. The van der Waals surface area contributed by atoms with Gasteiger partial charge in [0.15, 0.2) is 0 Å². The van der Waals surface area contributed by atoms with Crippen molar-refractivity contribution in [2.75, 3.05) is 14.2 Å². The Hall–Kier alpha value is -3.87. The monoisotopic (exact) mass is 389 g/mol.